The topological polar surface area (TPSA) is 15.3 Å². The van der Waals surface area contributed by atoms with Crippen LogP contribution in [0.2, 0.25) is 0 Å². The average molecular weight is 196 g/mol. The minimum Gasteiger partial charge on any atom is -0.319 e. The lowest BCUT2D eigenvalue weighted by atomic mass is 9.84. The summed E-state index contributed by atoms with van der Waals surface area (Å²) in [7, 11) is 2.07. The Hall–Kier alpha value is -0.0800. The molecule has 0 unspecified atom stereocenters. The van der Waals surface area contributed by atoms with E-state index in [1.807, 2.05) is 0 Å². The highest BCUT2D eigenvalue weighted by Gasteiger charge is 2.24. The van der Waals surface area contributed by atoms with Crippen molar-refractivity contribution in [1.82, 2.24) is 10.2 Å². The molecule has 2 heteroatoms. The van der Waals surface area contributed by atoms with Gasteiger partial charge in [-0.2, -0.15) is 0 Å². The van der Waals surface area contributed by atoms with Gasteiger partial charge >= 0.3 is 0 Å². The van der Waals surface area contributed by atoms with Gasteiger partial charge in [0, 0.05) is 6.54 Å². The highest BCUT2D eigenvalue weighted by atomic mass is 15.1. The van der Waals surface area contributed by atoms with Crippen LogP contribution in [0.1, 0.15) is 32.1 Å². The van der Waals surface area contributed by atoms with Crippen molar-refractivity contribution in [2.75, 3.05) is 33.2 Å². The number of nitrogens with one attached hydrogen (secondary N) is 1. The monoisotopic (exact) mass is 196 g/mol. The fourth-order valence-electron chi connectivity index (χ4n) is 2.70. The molecule has 2 fully saturated rings. The van der Waals surface area contributed by atoms with Gasteiger partial charge < -0.3 is 10.2 Å². The lowest BCUT2D eigenvalue weighted by molar-refractivity contribution is 0.131. The normalized spacial score (nSPS) is 26.4. The molecule has 1 saturated carbocycles. The van der Waals surface area contributed by atoms with E-state index in [0.29, 0.717) is 0 Å². The van der Waals surface area contributed by atoms with Crippen molar-refractivity contribution >= 4 is 0 Å². The Kier molecular flexibility index (Phi) is 3.82. The molecule has 1 saturated heterocycles. The summed E-state index contributed by atoms with van der Waals surface area (Å²) in [6.45, 7) is 5.31. The minimum atomic E-state index is 0.942. The van der Waals surface area contributed by atoms with Gasteiger partial charge in [0.2, 0.25) is 0 Å². The highest BCUT2D eigenvalue weighted by Crippen LogP contribution is 2.28. The number of hydrogen-bond acceptors (Lipinski definition) is 2. The van der Waals surface area contributed by atoms with Crippen molar-refractivity contribution in [3.8, 4) is 0 Å². The summed E-state index contributed by atoms with van der Waals surface area (Å²) in [6, 6.07) is 0. The molecule has 1 aliphatic heterocycles. The van der Waals surface area contributed by atoms with Crippen molar-refractivity contribution in [2.45, 2.75) is 32.1 Å². The van der Waals surface area contributed by atoms with Crippen LogP contribution in [0.15, 0.2) is 0 Å². The van der Waals surface area contributed by atoms with Crippen LogP contribution in [-0.2, 0) is 0 Å². The zero-order valence-corrected chi connectivity index (χ0v) is 9.47. The smallest absolute Gasteiger partial charge is 0.000966 e. The molecule has 0 aromatic heterocycles. The van der Waals surface area contributed by atoms with E-state index >= 15 is 0 Å². The van der Waals surface area contributed by atoms with Crippen molar-refractivity contribution in [3.05, 3.63) is 0 Å². The number of likely N-dealkylation sites (tertiary alicyclic amines) is 1. The van der Waals surface area contributed by atoms with Crippen molar-refractivity contribution in [2.24, 2.45) is 11.8 Å². The van der Waals surface area contributed by atoms with E-state index in [-0.39, 0.29) is 0 Å². The van der Waals surface area contributed by atoms with Gasteiger partial charge in [-0.25, -0.2) is 0 Å². The predicted molar refractivity (Wildman–Crippen MR) is 60.4 cm³/mol. The van der Waals surface area contributed by atoms with Crippen molar-refractivity contribution in [3.63, 3.8) is 0 Å². The van der Waals surface area contributed by atoms with Crippen LogP contribution in [0.4, 0.5) is 0 Å². The Morgan fingerprint density at radius 1 is 1.07 bits per heavy atom. The SMILES string of the molecule is CNCC1CCN(CC2CCC2)CC1. The predicted octanol–water partition coefficient (Wildman–Crippen LogP) is 1.72. The summed E-state index contributed by atoms with van der Waals surface area (Å²) in [5.41, 5.74) is 0. The van der Waals surface area contributed by atoms with Gasteiger partial charge in [0.05, 0.1) is 0 Å². The quantitative estimate of drug-likeness (QED) is 0.736. The molecule has 1 aliphatic carbocycles. The minimum absolute atomic E-state index is 0.942. The fourth-order valence-corrected chi connectivity index (χ4v) is 2.70. The average Bonchev–Trinajstić information content (AvgIpc) is 2.14. The van der Waals surface area contributed by atoms with Gasteiger partial charge in [-0.3, -0.25) is 0 Å². The fraction of sp³-hybridized carbons (Fsp3) is 1.00. The Balaban J connectivity index is 1.62. The first-order valence-electron chi connectivity index (χ1n) is 6.25. The molecule has 2 rings (SSSR count). The first-order valence-corrected chi connectivity index (χ1v) is 6.25. The van der Waals surface area contributed by atoms with E-state index in [1.165, 1.54) is 58.3 Å². The van der Waals surface area contributed by atoms with Crippen molar-refractivity contribution in [1.29, 1.82) is 0 Å². The summed E-state index contributed by atoms with van der Waals surface area (Å²) in [5, 5.41) is 3.30. The lowest BCUT2D eigenvalue weighted by Gasteiger charge is -2.36. The van der Waals surface area contributed by atoms with E-state index in [2.05, 4.69) is 17.3 Å². The molecule has 14 heavy (non-hydrogen) atoms. The zero-order valence-electron chi connectivity index (χ0n) is 9.47. The van der Waals surface area contributed by atoms with E-state index in [0.717, 1.165) is 11.8 Å². The third-order valence-electron chi connectivity index (χ3n) is 3.94. The van der Waals surface area contributed by atoms with Crippen LogP contribution in [0.25, 0.3) is 0 Å². The molecule has 0 aromatic rings. The molecule has 0 amide bonds. The van der Waals surface area contributed by atoms with Crippen LogP contribution in [-0.4, -0.2) is 38.1 Å². The summed E-state index contributed by atoms with van der Waals surface area (Å²) in [6.07, 6.45) is 7.30. The molecule has 82 valence electrons. The molecule has 1 N–H and O–H groups in total. The second kappa shape index (κ2) is 5.13. The standard InChI is InChI=1S/C12H24N2/c1-13-9-11-5-7-14(8-6-11)10-12-3-2-4-12/h11-13H,2-10H2,1H3. The molecular weight excluding hydrogens is 172 g/mol. The maximum absolute atomic E-state index is 3.30. The largest absolute Gasteiger partial charge is 0.319 e. The summed E-state index contributed by atoms with van der Waals surface area (Å²) in [4.78, 5) is 2.69. The maximum Gasteiger partial charge on any atom is 0.000966 e. The first kappa shape index (κ1) is 10.4. The van der Waals surface area contributed by atoms with Gasteiger partial charge in [0.25, 0.3) is 0 Å². The summed E-state index contributed by atoms with van der Waals surface area (Å²) >= 11 is 0. The van der Waals surface area contributed by atoms with Crippen LogP contribution in [0, 0.1) is 11.8 Å². The molecule has 0 spiro atoms. The number of nitrogens with zero attached hydrogens (tertiary/aromatic N) is 1. The number of piperidine rings is 1. The second-order valence-electron chi connectivity index (χ2n) is 5.10. The van der Waals surface area contributed by atoms with Crippen molar-refractivity contribution < 1.29 is 0 Å². The first-order chi connectivity index (χ1) is 6.88. The van der Waals surface area contributed by atoms with Gasteiger partial charge in [-0.05, 0) is 64.2 Å². The third kappa shape index (κ3) is 2.71. The van der Waals surface area contributed by atoms with E-state index in [9.17, 15) is 0 Å². The summed E-state index contributed by atoms with van der Waals surface area (Å²) < 4.78 is 0. The molecular formula is C12H24N2. The highest BCUT2D eigenvalue weighted by molar-refractivity contribution is 4.78. The molecule has 0 atom stereocenters. The second-order valence-corrected chi connectivity index (χ2v) is 5.10. The van der Waals surface area contributed by atoms with E-state index < -0.39 is 0 Å². The maximum atomic E-state index is 3.30. The Morgan fingerprint density at radius 2 is 1.79 bits per heavy atom. The molecule has 1 heterocycles. The van der Waals surface area contributed by atoms with E-state index in [4.69, 9.17) is 0 Å². The Labute approximate surface area is 88.1 Å². The van der Waals surface area contributed by atoms with Crippen LogP contribution in [0.3, 0.4) is 0 Å². The molecule has 2 nitrogen and oxygen atoms in total. The van der Waals surface area contributed by atoms with Crippen LogP contribution < -0.4 is 5.32 Å². The van der Waals surface area contributed by atoms with Gasteiger partial charge in [0.15, 0.2) is 0 Å². The number of hydrogen-bond donors (Lipinski definition) is 1. The number of rotatable bonds is 4. The molecule has 2 aliphatic rings. The third-order valence-corrected chi connectivity index (χ3v) is 3.94. The van der Waals surface area contributed by atoms with Gasteiger partial charge in [0.1, 0.15) is 0 Å². The molecule has 0 bridgehead atoms. The van der Waals surface area contributed by atoms with Gasteiger partial charge in [-0.1, -0.05) is 6.42 Å². The van der Waals surface area contributed by atoms with E-state index in [1.54, 1.807) is 0 Å². The lowest BCUT2D eigenvalue weighted by Crippen LogP contribution is -2.40. The zero-order chi connectivity index (χ0) is 9.80. The summed E-state index contributed by atoms with van der Waals surface area (Å²) in [5.74, 6) is 1.99. The van der Waals surface area contributed by atoms with Crippen LogP contribution >= 0.6 is 0 Å². The Morgan fingerprint density at radius 3 is 2.29 bits per heavy atom. The molecule has 0 radical (unpaired) electrons. The molecule has 0 aromatic carbocycles. The van der Waals surface area contributed by atoms with Crippen LogP contribution in [0.5, 0.6) is 0 Å². The Bertz CT molecular complexity index is 158. The van der Waals surface area contributed by atoms with Gasteiger partial charge in [-0.15, -0.1) is 0 Å².